The molecule has 0 aromatic heterocycles. The average Bonchev–Trinajstić information content (AvgIpc) is 3.50. The quantitative estimate of drug-likeness (QED) is 0.159. The lowest BCUT2D eigenvalue weighted by Gasteiger charge is -2.31. The molecule has 8 aromatic carbocycles. The van der Waals surface area contributed by atoms with Crippen LogP contribution in [0.4, 0.5) is 17.1 Å². The number of benzene rings is 8. The molecule has 1 nitrogen and oxygen atoms in total. The minimum absolute atomic E-state index is 0.132. The van der Waals surface area contributed by atoms with E-state index in [0.29, 0.717) is 5.92 Å². The van der Waals surface area contributed by atoms with E-state index in [-0.39, 0.29) is 5.41 Å². The Bertz CT molecular complexity index is 2750. The summed E-state index contributed by atoms with van der Waals surface area (Å²) < 4.78 is 0. The van der Waals surface area contributed by atoms with Crippen molar-refractivity contribution in [1.29, 1.82) is 0 Å². The third-order valence-corrected chi connectivity index (χ3v) is 12.0. The van der Waals surface area contributed by atoms with E-state index in [0.717, 1.165) is 17.8 Å². The number of hydrogen-bond donors (Lipinski definition) is 0. The van der Waals surface area contributed by atoms with Gasteiger partial charge in [-0.25, -0.2) is 0 Å². The van der Waals surface area contributed by atoms with Crippen LogP contribution >= 0.6 is 0 Å². The highest BCUT2D eigenvalue weighted by Gasteiger charge is 2.39. The first-order chi connectivity index (χ1) is 27.5. The molecular formula is C55H43N. The van der Waals surface area contributed by atoms with Crippen LogP contribution in [0, 0.1) is 0 Å². The second kappa shape index (κ2) is 13.9. The first-order valence-corrected chi connectivity index (χ1v) is 19.8. The molecule has 10 rings (SSSR count). The van der Waals surface area contributed by atoms with Gasteiger partial charge in [0.05, 0.1) is 5.69 Å². The van der Waals surface area contributed by atoms with Crippen LogP contribution in [-0.4, -0.2) is 0 Å². The summed E-state index contributed by atoms with van der Waals surface area (Å²) in [7, 11) is 0. The van der Waals surface area contributed by atoms with Crippen molar-refractivity contribution in [2.24, 2.45) is 0 Å². The maximum absolute atomic E-state index is 2.50. The third-order valence-electron chi connectivity index (χ3n) is 12.0. The van der Waals surface area contributed by atoms with E-state index >= 15 is 0 Å². The highest BCUT2D eigenvalue weighted by Crippen LogP contribution is 2.56. The number of rotatable bonds is 7. The monoisotopic (exact) mass is 717 g/mol. The van der Waals surface area contributed by atoms with Crippen molar-refractivity contribution >= 4 is 33.4 Å². The van der Waals surface area contributed by atoms with Crippen LogP contribution in [0.3, 0.4) is 0 Å². The molecule has 0 saturated heterocycles. The highest BCUT2D eigenvalue weighted by atomic mass is 15.1. The fraction of sp³-hybridized carbons (Fsp3) is 0.0909. The Morgan fingerprint density at radius 3 is 1.68 bits per heavy atom. The molecule has 0 heterocycles. The predicted molar refractivity (Wildman–Crippen MR) is 238 cm³/mol. The zero-order valence-corrected chi connectivity index (χ0v) is 31.9. The molecule has 2 aliphatic rings. The molecule has 1 atom stereocenters. The first-order valence-electron chi connectivity index (χ1n) is 19.8. The molecule has 0 radical (unpaired) electrons. The van der Waals surface area contributed by atoms with Crippen LogP contribution in [0.15, 0.2) is 206 Å². The number of anilines is 3. The Morgan fingerprint density at radius 1 is 0.500 bits per heavy atom. The largest absolute Gasteiger partial charge is 0.309 e. The second-order valence-electron chi connectivity index (χ2n) is 15.7. The zero-order valence-electron chi connectivity index (χ0n) is 31.9. The van der Waals surface area contributed by atoms with Crippen LogP contribution < -0.4 is 4.90 Å². The van der Waals surface area contributed by atoms with E-state index < -0.39 is 0 Å². The van der Waals surface area contributed by atoms with Gasteiger partial charge in [-0.2, -0.15) is 0 Å². The number of fused-ring (bicyclic) bond motifs is 4. The standard InChI is InChI=1S/C55H43N/c1-55(2)51-20-12-11-19-50(51)53-52(55)37-46-17-9-10-18-49(46)54(53)56(47-33-29-44(30-34-47)42-25-21-40(22-26-42)38-13-5-3-6-14-38)48-35-31-45(32-36-48)43-27-23-41(24-28-43)39-15-7-4-8-16-39/h3-23,25-37,41H,24H2,1-2H3. The Hall–Kier alpha value is -6.70. The van der Waals surface area contributed by atoms with Crippen LogP contribution in [-0.2, 0) is 5.41 Å². The van der Waals surface area contributed by atoms with Crippen LogP contribution in [0.25, 0.3) is 49.7 Å². The topological polar surface area (TPSA) is 3.24 Å². The summed E-state index contributed by atoms with van der Waals surface area (Å²) in [6, 6.07) is 69.0. The van der Waals surface area contributed by atoms with Crippen LogP contribution in [0.2, 0.25) is 0 Å². The van der Waals surface area contributed by atoms with E-state index in [1.165, 1.54) is 77.7 Å². The summed E-state index contributed by atoms with van der Waals surface area (Å²) in [5.74, 6) is 0.417. The Morgan fingerprint density at radius 2 is 1.04 bits per heavy atom. The average molecular weight is 718 g/mol. The Labute approximate surface area is 330 Å². The molecule has 56 heavy (non-hydrogen) atoms. The highest BCUT2D eigenvalue weighted by molar-refractivity contribution is 6.09. The van der Waals surface area contributed by atoms with E-state index in [1.807, 2.05) is 0 Å². The summed E-state index contributed by atoms with van der Waals surface area (Å²) in [5, 5.41) is 2.50. The molecule has 0 saturated carbocycles. The minimum atomic E-state index is -0.132. The van der Waals surface area contributed by atoms with Gasteiger partial charge >= 0.3 is 0 Å². The number of nitrogens with zero attached hydrogens (tertiary/aromatic N) is 1. The summed E-state index contributed by atoms with van der Waals surface area (Å²) in [6.45, 7) is 4.75. The van der Waals surface area contributed by atoms with E-state index in [2.05, 4.69) is 225 Å². The number of allylic oxidation sites excluding steroid dienone is 4. The lowest BCUT2D eigenvalue weighted by Crippen LogP contribution is -2.16. The summed E-state index contributed by atoms with van der Waals surface area (Å²) in [5.41, 5.74) is 17.5. The van der Waals surface area contributed by atoms with Gasteiger partial charge in [-0.15, -0.1) is 0 Å². The van der Waals surface area contributed by atoms with Crippen molar-refractivity contribution in [1.82, 2.24) is 0 Å². The second-order valence-corrected chi connectivity index (χ2v) is 15.7. The van der Waals surface area contributed by atoms with Gasteiger partial charge in [0.1, 0.15) is 0 Å². The lowest BCUT2D eigenvalue weighted by atomic mass is 9.81. The van der Waals surface area contributed by atoms with Crippen molar-refractivity contribution in [3.8, 4) is 33.4 Å². The molecule has 0 spiro atoms. The summed E-state index contributed by atoms with van der Waals surface area (Å²) in [6.07, 6.45) is 8.06. The summed E-state index contributed by atoms with van der Waals surface area (Å²) in [4.78, 5) is 2.50. The van der Waals surface area contributed by atoms with Gasteiger partial charge in [-0.1, -0.05) is 190 Å². The first kappa shape index (κ1) is 33.8. The third kappa shape index (κ3) is 5.88. The van der Waals surface area contributed by atoms with Gasteiger partial charge in [-0.05, 0) is 97.8 Å². The molecule has 0 amide bonds. The predicted octanol–water partition coefficient (Wildman–Crippen LogP) is 15.1. The molecule has 0 bridgehead atoms. The molecule has 1 heteroatoms. The van der Waals surface area contributed by atoms with Crippen LogP contribution in [0.1, 0.15) is 48.4 Å². The smallest absolute Gasteiger partial charge is 0.0621 e. The van der Waals surface area contributed by atoms with Gasteiger partial charge in [0.25, 0.3) is 0 Å². The van der Waals surface area contributed by atoms with Crippen molar-refractivity contribution < 1.29 is 0 Å². The van der Waals surface area contributed by atoms with E-state index in [9.17, 15) is 0 Å². The lowest BCUT2D eigenvalue weighted by molar-refractivity contribution is 0.661. The van der Waals surface area contributed by atoms with Gasteiger partial charge in [-0.3, -0.25) is 0 Å². The Balaban J connectivity index is 1.09. The minimum Gasteiger partial charge on any atom is -0.309 e. The van der Waals surface area contributed by atoms with E-state index in [4.69, 9.17) is 0 Å². The van der Waals surface area contributed by atoms with Crippen molar-refractivity contribution in [3.63, 3.8) is 0 Å². The van der Waals surface area contributed by atoms with Crippen molar-refractivity contribution in [3.05, 3.63) is 229 Å². The normalized spacial score (nSPS) is 15.2. The van der Waals surface area contributed by atoms with Gasteiger partial charge < -0.3 is 4.90 Å². The molecule has 1 unspecified atom stereocenters. The van der Waals surface area contributed by atoms with Gasteiger partial charge in [0.15, 0.2) is 0 Å². The SMILES string of the molecule is CC1(C)c2ccccc2-c2c1cc1ccccc1c2N(c1ccc(C2=CCC(c3ccccc3)C=C2)cc1)c1ccc(-c2ccc(-c3ccccc3)cc2)cc1. The Kier molecular flexibility index (Phi) is 8.37. The van der Waals surface area contributed by atoms with Crippen molar-refractivity contribution in [2.75, 3.05) is 4.90 Å². The van der Waals surface area contributed by atoms with Gasteiger partial charge in [0, 0.05) is 33.7 Å². The van der Waals surface area contributed by atoms with Crippen molar-refractivity contribution in [2.45, 2.75) is 31.6 Å². The summed E-state index contributed by atoms with van der Waals surface area (Å²) >= 11 is 0. The fourth-order valence-electron chi connectivity index (χ4n) is 9.00. The van der Waals surface area contributed by atoms with Crippen LogP contribution in [0.5, 0.6) is 0 Å². The van der Waals surface area contributed by atoms with Gasteiger partial charge in [0.2, 0.25) is 0 Å². The fourth-order valence-corrected chi connectivity index (χ4v) is 9.00. The van der Waals surface area contributed by atoms with E-state index in [1.54, 1.807) is 0 Å². The molecule has 0 N–H and O–H groups in total. The molecule has 0 aliphatic heterocycles. The maximum Gasteiger partial charge on any atom is 0.0621 e. The molecule has 0 fully saturated rings. The molecule has 8 aromatic rings. The molecule has 2 aliphatic carbocycles. The number of hydrogen-bond acceptors (Lipinski definition) is 1. The maximum atomic E-state index is 2.50. The zero-order chi connectivity index (χ0) is 37.6. The molecule has 268 valence electrons. The molecular weight excluding hydrogens is 675 g/mol.